The molecule has 0 aliphatic rings. The van der Waals surface area contributed by atoms with Crippen molar-refractivity contribution < 1.29 is 13.2 Å². The van der Waals surface area contributed by atoms with Gasteiger partial charge in [-0.2, -0.15) is 0 Å². The van der Waals surface area contributed by atoms with E-state index >= 15 is 0 Å². The Kier molecular flexibility index (Phi) is 4.35. The highest BCUT2D eigenvalue weighted by Gasteiger charge is 2.14. The van der Waals surface area contributed by atoms with Crippen molar-refractivity contribution >= 4 is 11.6 Å². The molecule has 20 heavy (non-hydrogen) atoms. The van der Waals surface area contributed by atoms with Gasteiger partial charge in [0.15, 0.2) is 11.6 Å². The van der Waals surface area contributed by atoms with Gasteiger partial charge in [0, 0.05) is 11.1 Å². The molecule has 2 aromatic rings. The molecule has 0 spiro atoms. The molecule has 0 radical (unpaired) electrons. The van der Waals surface area contributed by atoms with Gasteiger partial charge in [-0.15, -0.1) is 0 Å². The zero-order chi connectivity index (χ0) is 14.9. The molecule has 0 heterocycles. The quantitative estimate of drug-likeness (QED) is 0.898. The van der Waals surface area contributed by atoms with Crippen molar-refractivity contribution in [1.82, 2.24) is 0 Å². The third-order valence-corrected chi connectivity index (χ3v) is 3.44. The minimum Gasteiger partial charge on any atom is -0.324 e. The molecular weight excluding hydrogens is 287 g/mol. The SMILES string of the molecule is Cc1cc(C(N)Cc2ccc(F)c(F)c2)c(Cl)cc1F. The largest absolute Gasteiger partial charge is 0.324 e. The third kappa shape index (κ3) is 3.14. The molecule has 5 heteroatoms. The number of rotatable bonds is 3. The van der Waals surface area contributed by atoms with Gasteiger partial charge < -0.3 is 5.73 Å². The monoisotopic (exact) mass is 299 g/mol. The molecule has 0 saturated carbocycles. The Labute approximate surface area is 120 Å². The first-order valence-corrected chi connectivity index (χ1v) is 6.41. The Hall–Kier alpha value is -1.52. The van der Waals surface area contributed by atoms with Gasteiger partial charge in [-0.25, -0.2) is 13.2 Å². The third-order valence-electron chi connectivity index (χ3n) is 3.12. The molecular formula is C15H13ClF3N. The number of benzene rings is 2. The van der Waals surface area contributed by atoms with Crippen molar-refractivity contribution in [2.24, 2.45) is 5.73 Å². The van der Waals surface area contributed by atoms with Crippen LogP contribution < -0.4 is 5.73 Å². The standard InChI is InChI=1S/C15H13ClF3N/c1-8-4-10(11(16)7-13(8)18)15(20)6-9-2-3-12(17)14(19)5-9/h2-5,7,15H,6,20H2,1H3. The summed E-state index contributed by atoms with van der Waals surface area (Å²) in [6.45, 7) is 1.61. The molecule has 0 bridgehead atoms. The predicted octanol–water partition coefficient (Wildman–Crippen LogP) is 4.31. The van der Waals surface area contributed by atoms with Crippen molar-refractivity contribution in [3.63, 3.8) is 0 Å². The van der Waals surface area contributed by atoms with Crippen LogP contribution in [0.1, 0.15) is 22.7 Å². The Morgan fingerprint density at radius 3 is 2.40 bits per heavy atom. The molecule has 0 aliphatic heterocycles. The van der Waals surface area contributed by atoms with Gasteiger partial charge in [0.1, 0.15) is 5.82 Å². The summed E-state index contributed by atoms with van der Waals surface area (Å²) in [4.78, 5) is 0. The van der Waals surface area contributed by atoms with E-state index < -0.39 is 23.5 Å². The molecule has 0 aromatic heterocycles. The van der Waals surface area contributed by atoms with Crippen LogP contribution >= 0.6 is 11.6 Å². The summed E-state index contributed by atoms with van der Waals surface area (Å²) < 4.78 is 39.3. The maximum absolute atomic E-state index is 13.3. The smallest absolute Gasteiger partial charge is 0.159 e. The van der Waals surface area contributed by atoms with Crippen LogP contribution in [0, 0.1) is 24.4 Å². The van der Waals surface area contributed by atoms with E-state index in [9.17, 15) is 13.2 Å². The summed E-state index contributed by atoms with van der Waals surface area (Å²) in [6.07, 6.45) is 0.280. The van der Waals surface area contributed by atoms with Crippen molar-refractivity contribution in [2.45, 2.75) is 19.4 Å². The summed E-state index contributed by atoms with van der Waals surface area (Å²) in [6, 6.07) is 5.86. The van der Waals surface area contributed by atoms with E-state index in [4.69, 9.17) is 17.3 Å². The fourth-order valence-corrected chi connectivity index (χ4v) is 2.28. The molecule has 2 rings (SSSR count). The van der Waals surface area contributed by atoms with Gasteiger partial charge in [0.05, 0.1) is 0 Å². The van der Waals surface area contributed by atoms with Crippen LogP contribution in [-0.4, -0.2) is 0 Å². The molecule has 0 fully saturated rings. The van der Waals surface area contributed by atoms with Crippen LogP contribution in [0.5, 0.6) is 0 Å². The summed E-state index contributed by atoms with van der Waals surface area (Å²) in [5.74, 6) is -2.23. The van der Waals surface area contributed by atoms with Crippen molar-refractivity contribution in [3.05, 3.63) is 69.5 Å². The maximum Gasteiger partial charge on any atom is 0.159 e. The van der Waals surface area contributed by atoms with Crippen molar-refractivity contribution in [1.29, 1.82) is 0 Å². The Balaban J connectivity index is 2.25. The van der Waals surface area contributed by atoms with E-state index in [0.29, 0.717) is 16.7 Å². The summed E-state index contributed by atoms with van der Waals surface area (Å²) in [5, 5.41) is 0.225. The fourth-order valence-electron chi connectivity index (χ4n) is 1.99. The normalized spacial score (nSPS) is 12.5. The number of hydrogen-bond acceptors (Lipinski definition) is 1. The molecule has 106 valence electrons. The van der Waals surface area contributed by atoms with Crippen LogP contribution in [0.25, 0.3) is 0 Å². The van der Waals surface area contributed by atoms with Crippen LogP contribution in [0.3, 0.4) is 0 Å². The molecule has 2 aromatic carbocycles. The average molecular weight is 300 g/mol. The van der Waals surface area contributed by atoms with Gasteiger partial charge in [0.2, 0.25) is 0 Å². The Morgan fingerprint density at radius 2 is 1.75 bits per heavy atom. The first kappa shape index (κ1) is 14.9. The lowest BCUT2D eigenvalue weighted by atomic mass is 9.98. The molecule has 0 amide bonds. The zero-order valence-electron chi connectivity index (χ0n) is 10.8. The van der Waals surface area contributed by atoms with E-state index in [1.165, 1.54) is 12.1 Å². The molecule has 2 N–H and O–H groups in total. The molecule has 1 unspecified atom stereocenters. The van der Waals surface area contributed by atoms with Gasteiger partial charge >= 0.3 is 0 Å². The number of halogens is 4. The lowest BCUT2D eigenvalue weighted by Gasteiger charge is -2.15. The second-order valence-electron chi connectivity index (χ2n) is 4.68. The average Bonchev–Trinajstić information content (AvgIpc) is 2.38. The molecule has 0 aliphatic carbocycles. The lowest BCUT2D eigenvalue weighted by Crippen LogP contribution is -2.14. The lowest BCUT2D eigenvalue weighted by molar-refractivity contribution is 0.506. The topological polar surface area (TPSA) is 26.0 Å². The summed E-state index contributed by atoms with van der Waals surface area (Å²) in [7, 11) is 0. The molecule has 1 atom stereocenters. The second-order valence-corrected chi connectivity index (χ2v) is 5.09. The van der Waals surface area contributed by atoms with E-state index in [0.717, 1.165) is 12.1 Å². The van der Waals surface area contributed by atoms with Gasteiger partial charge in [-0.05, 0) is 48.2 Å². The Bertz CT molecular complexity index is 643. The second kappa shape index (κ2) is 5.85. The summed E-state index contributed by atoms with van der Waals surface area (Å²) in [5.41, 5.74) is 7.58. The van der Waals surface area contributed by atoms with Crippen LogP contribution in [0.15, 0.2) is 30.3 Å². The molecule has 1 nitrogen and oxygen atoms in total. The number of hydrogen-bond donors (Lipinski definition) is 1. The van der Waals surface area contributed by atoms with Gasteiger partial charge in [-0.3, -0.25) is 0 Å². The predicted molar refractivity (Wildman–Crippen MR) is 73.1 cm³/mol. The zero-order valence-corrected chi connectivity index (χ0v) is 11.5. The fraction of sp³-hybridized carbons (Fsp3) is 0.200. The summed E-state index contributed by atoms with van der Waals surface area (Å²) >= 11 is 5.97. The van der Waals surface area contributed by atoms with E-state index in [1.807, 2.05) is 0 Å². The highest BCUT2D eigenvalue weighted by molar-refractivity contribution is 6.31. The van der Waals surface area contributed by atoms with E-state index in [1.54, 1.807) is 13.0 Å². The van der Waals surface area contributed by atoms with Crippen LogP contribution in [0.2, 0.25) is 5.02 Å². The first-order valence-electron chi connectivity index (χ1n) is 6.03. The van der Waals surface area contributed by atoms with Crippen LogP contribution in [-0.2, 0) is 6.42 Å². The highest BCUT2D eigenvalue weighted by atomic mass is 35.5. The number of nitrogens with two attached hydrogens (primary N) is 1. The van der Waals surface area contributed by atoms with Gasteiger partial charge in [-0.1, -0.05) is 23.7 Å². The minimum absolute atomic E-state index is 0.225. The first-order chi connectivity index (χ1) is 9.38. The van der Waals surface area contributed by atoms with Crippen molar-refractivity contribution in [2.75, 3.05) is 0 Å². The van der Waals surface area contributed by atoms with E-state index in [2.05, 4.69) is 0 Å². The van der Waals surface area contributed by atoms with Gasteiger partial charge in [0.25, 0.3) is 0 Å². The van der Waals surface area contributed by atoms with E-state index in [-0.39, 0.29) is 11.4 Å². The number of aryl methyl sites for hydroxylation is 1. The maximum atomic E-state index is 13.3. The Morgan fingerprint density at radius 1 is 1.05 bits per heavy atom. The molecule has 0 saturated heterocycles. The van der Waals surface area contributed by atoms with Crippen molar-refractivity contribution in [3.8, 4) is 0 Å². The highest BCUT2D eigenvalue weighted by Crippen LogP contribution is 2.27. The minimum atomic E-state index is -0.920. The van der Waals surface area contributed by atoms with Crippen LogP contribution in [0.4, 0.5) is 13.2 Å².